The molecule has 0 spiro atoms. The van der Waals surface area contributed by atoms with Crippen molar-refractivity contribution < 1.29 is 0 Å². The fourth-order valence-electron chi connectivity index (χ4n) is 2.76. The lowest BCUT2D eigenvalue weighted by Crippen LogP contribution is -2.41. The molecular weight excluding hydrogens is 382 g/mol. The fraction of sp³-hybridized carbons (Fsp3) is 0.0526. The Kier molecular flexibility index (Phi) is 4.79. The number of hydrogen-bond acceptors (Lipinski definition) is 4. The van der Waals surface area contributed by atoms with E-state index in [1.807, 2.05) is 65.6 Å². The SMILES string of the molecule is N#CC1=C(N)N(c2ccccc2)C(C=S)C=C1c1cccc(Br)c1. The molecule has 0 bridgehead atoms. The van der Waals surface area contributed by atoms with Crippen LogP contribution in [0, 0.1) is 11.3 Å². The molecule has 0 aliphatic carbocycles. The van der Waals surface area contributed by atoms with Crippen LogP contribution in [0.2, 0.25) is 0 Å². The van der Waals surface area contributed by atoms with Gasteiger partial charge in [-0.05, 0) is 35.9 Å². The highest BCUT2D eigenvalue weighted by Gasteiger charge is 2.28. The number of halogens is 1. The van der Waals surface area contributed by atoms with Crippen molar-refractivity contribution in [2.75, 3.05) is 4.90 Å². The average molecular weight is 396 g/mol. The van der Waals surface area contributed by atoms with Crippen LogP contribution in [0.5, 0.6) is 0 Å². The van der Waals surface area contributed by atoms with Gasteiger partial charge in [0.1, 0.15) is 11.9 Å². The Bertz CT molecular complexity index is 881. The summed E-state index contributed by atoms with van der Waals surface area (Å²) in [5, 5.41) is 11.3. The molecule has 2 aromatic rings. The van der Waals surface area contributed by atoms with E-state index < -0.39 is 0 Å². The van der Waals surface area contributed by atoms with Crippen LogP contribution in [0.4, 0.5) is 5.69 Å². The predicted octanol–water partition coefficient (Wildman–Crippen LogP) is 4.41. The fourth-order valence-corrected chi connectivity index (χ4v) is 3.36. The van der Waals surface area contributed by atoms with Gasteiger partial charge in [-0.3, -0.25) is 0 Å². The number of rotatable bonds is 3. The van der Waals surface area contributed by atoms with E-state index >= 15 is 0 Å². The van der Waals surface area contributed by atoms with Gasteiger partial charge < -0.3 is 10.6 Å². The minimum Gasteiger partial charge on any atom is -0.384 e. The topological polar surface area (TPSA) is 53.1 Å². The number of allylic oxidation sites excluding steroid dienone is 2. The van der Waals surface area contributed by atoms with E-state index in [-0.39, 0.29) is 6.04 Å². The zero-order chi connectivity index (χ0) is 17.1. The predicted molar refractivity (Wildman–Crippen MR) is 105 cm³/mol. The van der Waals surface area contributed by atoms with Gasteiger partial charge in [0.15, 0.2) is 0 Å². The van der Waals surface area contributed by atoms with Crippen LogP contribution in [0.25, 0.3) is 5.57 Å². The van der Waals surface area contributed by atoms with E-state index in [9.17, 15) is 5.26 Å². The molecule has 24 heavy (non-hydrogen) atoms. The average Bonchev–Trinajstić information content (AvgIpc) is 2.61. The highest BCUT2D eigenvalue weighted by atomic mass is 79.9. The highest BCUT2D eigenvalue weighted by Crippen LogP contribution is 2.34. The summed E-state index contributed by atoms with van der Waals surface area (Å²) >= 11 is 8.69. The maximum absolute atomic E-state index is 9.68. The molecule has 1 aliphatic rings. The third-order valence-corrected chi connectivity index (χ3v) is 4.61. The van der Waals surface area contributed by atoms with Gasteiger partial charge >= 0.3 is 0 Å². The van der Waals surface area contributed by atoms with Crippen molar-refractivity contribution in [1.29, 1.82) is 5.26 Å². The summed E-state index contributed by atoms with van der Waals surface area (Å²) in [6.45, 7) is 0. The van der Waals surface area contributed by atoms with Gasteiger partial charge in [0.25, 0.3) is 0 Å². The first-order valence-corrected chi connectivity index (χ1v) is 8.59. The summed E-state index contributed by atoms with van der Waals surface area (Å²) in [5.74, 6) is 0.410. The smallest absolute Gasteiger partial charge is 0.123 e. The lowest BCUT2D eigenvalue weighted by Gasteiger charge is -2.34. The Morgan fingerprint density at radius 1 is 1.17 bits per heavy atom. The van der Waals surface area contributed by atoms with Crippen molar-refractivity contribution in [3.63, 3.8) is 0 Å². The first-order chi connectivity index (χ1) is 11.7. The van der Waals surface area contributed by atoms with Crippen LogP contribution < -0.4 is 10.6 Å². The molecular formula is C19H14BrN3S. The Balaban J connectivity index is 2.16. The van der Waals surface area contributed by atoms with Gasteiger partial charge in [-0.2, -0.15) is 5.26 Å². The quantitative estimate of drug-likeness (QED) is 0.781. The van der Waals surface area contributed by atoms with Gasteiger partial charge in [0.2, 0.25) is 0 Å². The number of nitrogens with zero attached hydrogens (tertiary/aromatic N) is 2. The summed E-state index contributed by atoms with van der Waals surface area (Å²) < 4.78 is 0.946. The van der Waals surface area contributed by atoms with Crippen LogP contribution >= 0.6 is 28.1 Å². The zero-order valence-corrected chi connectivity index (χ0v) is 15.1. The molecule has 0 aromatic heterocycles. The first kappa shape index (κ1) is 16.4. The molecule has 1 heterocycles. The molecule has 118 valence electrons. The van der Waals surface area contributed by atoms with Crippen molar-refractivity contribution in [2.45, 2.75) is 6.04 Å². The number of nitrogens with two attached hydrogens (primary N) is 1. The van der Waals surface area contributed by atoms with Crippen LogP contribution in [0.1, 0.15) is 5.56 Å². The number of para-hydroxylation sites is 1. The molecule has 2 N–H and O–H groups in total. The van der Waals surface area contributed by atoms with Crippen molar-refractivity contribution in [3.05, 3.63) is 82.1 Å². The molecule has 3 nitrogen and oxygen atoms in total. The number of benzene rings is 2. The van der Waals surface area contributed by atoms with Crippen molar-refractivity contribution >= 4 is 44.8 Å². The molecule has 0 fully saturated rings. The minimum absolute atomic E-state index is 0.200. The molecule has 0 saturated carbocycles. The van der Waals surface area contributed by atoms with E-state index in [0.717, 1.165) is 21.3 Å². The first-order valence-electron chi connectivity index (χ1n) is 7.33. The van der Waals surface area contributed by atoms with Gasteiger partial charge in [-0.15, -0.1) is 0 Å². The molecule has 5 heteroatoms. The number of nitriles is 1. The summed E-state index contributed by atoms with van der Waals surface area (Å²) in [7, 11) is 0. The minimum atomic E-state index is -0.200. The van der Waals surface area contributed by atoms with Gasteiger partial charge in [-0.1, -0.05) is 58.5 Å². The summed E-state index contributed by atoms with van der Waals surface area (Å²) in [5.41, 5.74) is 9.44. The summed E-state index contributed by atoms with van der Waals surface area (Å²) in [4.78, 5) is 1.88. The molecule has 0 amide bonds. The van der Waals surface area contributed by atoms with Crippen LogP contribution in [-0.2, 0) is 0 Å². The Hall–Kier alpha value is -2.42. The molecule has 0 radical (unpaired) electrons. The van der Waals surface area contributed by atoms with E-state index in [1.54, 1.807) is 5.37 Å². The number of hydrogen-bond donors (Lipinski definition) is 1. The molecule has 1 aliphatic heterocycles. The number of anilines is 1. The Labute approximate surface area is 154 Å². The molecule has 0 saturated heterocycles. The second-order valence-electron chi connectivity index (χ2n) is 5.29. The molecule has 1 atom stereocenters. The number of thiocarbonyl (C=S) groups is 1. The molecule has 2 aromatic carbocycles. The van der Waals surface area contributed by atoms with E-state index in [4.69, 9.17) is 18.0 Å². The maximum atomic E-state index is 9.68. The van der Waals surface area contributed by atoms with Crippen LogP contribution in [0.15, 0.2) is 76.5 Å². The van der Waals surface area contributed by atoms with Crippen molar-refractivity contribution in [3.8, 4) is 6.07 Å². The Morgan fingerprint density at radius 3 is 2.54 bits per heavy atom. The summed E-state index contributed by atoms with van der Waals surface area (Å²) in [6.07, 6.45) is 1.98. The van der Waals surface area contributed by atoms with Crippen molar-refractivity contribution in [1.82, 2.24) is 0 Å². The van der Waals surface area contributed by atoms with Crippen LogP contribution in [-0.4, -0.2) is 11.4 Å². The van der Waals surface area contributed by atoms with Gasteiger partial charge in [-0.25, -0.2) is 0 Å². The van der Waals surface area contributed by atoms with E-state index in [2.05, 4.69) is 22.0 Å². The lowest BCUT2D eigenvalue weighted by molar-refractivity contribution is 0.903. The summed E-state index contributed by atoms with van der Waals surface area (Å²) in [6, 6.07) is 19.6. The van der Waals surface area contributed by atoms with Crippen molar-refractivity contribution in [2.24, 2.45) is 5.73 Å². The molecule has 1 unspecified atom stereocenters. The largest absolute Gasteiger partial charge is 0.384 e. The third kappa shape index (κ3) is 2.99. The lowest BCUT2D eigenvalue weighted by atomic mass is 9.92. The van der Waals surface area contributed by atoms with Gasteiger partial charge in [0, 0.05) is 21.1 Å². The monoisotopic (exact) mass is 395 g/mol. The third-order valence-electron chi connectivity index (χ3n) is 3.84. The second kappa shape index (κ2) is 7.00. The maximum Gasteiger partial charge on any atom is 0.123 e. The highest BCUT2D eigenvalue weighted by molar-refractivity contribution is 9.10. The Morgan fingerprint density at radius 2 is 1.92 bits per heavy atom. The second-order valence-corrected chi connectivity index (χ2v) is 6.48. The normalized spacial score (nSPS) is 17.2. The van der Waals surface area contributed by atoms with E-state index in [0.29, 0.717) is 11.4 Å². The standard InChI is InChI=1S/C19H14BrN3S/c20-14-6-4-5-13(9-14)17-10-16(12-24)23(19(22)18(17)11-21)15-7-2-1-3-8-15/h1-10,12,16H,22H2. The van der Waals surface area contributed by atoms with Gasteiger partial charge in [0.05, 0.1) is 11.6 Å². The van der Waals surface area contributed by atoms with E-state index in [1.165, 1.54) is 0 Å². The molecule has 3 rings (SSSR count). The zero-order valence-electron chi connectivity index (χ0n) is 12.7. The van der Waals surface area contributed by atoms with Crippen LogP contribution in [0.3, 0.4) is 0 Å².